The Morgan fingerprint density at radius 2 is 1.78 bits per heavy atom. The van der Waals surface area contributed by atoms with Gasteiger partial charge in [0.2, 0.25) is 11.8 Å². The van der Waals surface area contributed by atoms with Gasteiger partial charge in [-0.1, -0.05) is 11.6 Å². The highest BCUT2D eigenvalue weighted by Gasteiger charge is 2.23. The highest BCUT2D eigenvalue weighted by atomic mass is 35.5. The van der Waals surface area contributed by atoms with Gasteiger partial charge < -0.3 is 24.8 Å². The number of benzene rings is 1. The number of hydrogen-bond donors (Lipinski definition) is 2. The molecule has 7 nitrogen and oxygen atoms in total. The van der Waals surface area contributed by atoms with Gasteiger partial charge in [-0.2, -0.15) is 14.4 Å². The lowest BCUT2D eigenvalue weighted by Crippen LogP contribution is -2.45. The predicted molar refractivity (Wildman–Crippen MR) is 122 cm³/mol. The third-order valence-corrected chi connectivity index (χ3v) is 6.21. The molecule has 1 aromatic heterocycles. The number of nitrogens with zero attached hydrogens (tertiary/aromatic N) is 3. The number of anilines is 3. The van der Waals surface area contributed by atoms with Crippen LogP contribution in [-0.4, -0.2) is 53.1 Å². The van der Waals surface area contributed by atoms with Crippen LogP contribution in [0.5, 0.6) is 5.88 Å². The summed E-state index contributed by atoms with van der Waals surface area (Å²) in [6, 6.07) is 7.89. The van der Waals surface area contributed by atoms with Crippen molar-refractivity contribution in [1.82, 2.24) is 9.97 Å². The van der Waals surface area contributed by atoms with E-state index in [9.17, 15) is 9.50 Å². The zero-order valence-electron chi connectivity index (χ0n) is 18.4. The number of aromatic nitrogens is 2. The molecule has 0 spiro atoms. The molecule has 174 valence electrons. The highest BCUT2D eigenvalue weighted by Crippen LogP contribution is 2.29. The average Bonchev–Trinajstić information content (AvgIpc) is 2.76. The summed E-state index contributed by atoms with van der Waals surface area (Å²) >= 11 is 5.98. The molecule has 9 heteroatoms. The Hall–Kier alpha value is -2.16. The standard InChI is InChI=1S/C23H30ClFN4O3/c1-14-11-29(12-15(2)32-14)18-7-5-17(6-8-18)26-23-27-21(24)20(25)22(28-23)31-13-16-3-9-19(30)10-4-16/h5-8,14-16,19,30H,3-4,9-13H2,1-2H3,(H,26,27,28)/t14-,15+,16?,19?. The molecule has 2 fully saturated rings. The molecule has 1 aliphatic carbocycles. The third-order valence-electron chi connectivity index (χ3n) is 5.96. The molecule has 1 aromatic carbocycles. The van der Waals surface area contributed by atoms with Gasteiger partial charge in [0.05, 0.1) is 24.9 Å². The number of hydrogen-bond acceptors (Lipinski definition) is 7. The molecule has 32 heavy (non-hydrogen) atoms. The van der Waals surface area contributed by atoms with Crippen molar-refractivity contribution in [1.29, 1.82) is 0 Å². The van der Waals surface area contributed by atoms with E-state index >= 15 is 0 Å². The molecular formula is C23H30ClFN4O3. The van der Waals surface area contributed by atoms with Crippen LogP contribution in [0, 0.1) is 11.7 Å². The Morgan fingerprint density at radius 3 is 2.44 bits per heavy atom. The van der Waals surface area contributed by atoms with Gasteiger partial charge in [-0.15, -0.1) is 0 Å². The number of ether oxygens (including phenoxy) is 2. The quantitative estimate of drug-likeness (QED) is 0.607. The third kappa shape index (κ3) is 5.79. The lowest BCUT2D eigenvalue weighted by atomic mass is 9.88. The van der Waals surface area contributed by atoms with E-state index in [1.54, 1.807) is 0 Å². The van der Waals surface area contributed by atoms with Crippen LogP contribution < -0.4 is 15.0 Å². The summed E-state index contributed by atoms with van der Waals surface area (Å²) in [5, 5.41) is 12.4. The monoisotopic (exact) mass is 464 g/mol. The lowest BCUT2D eigenvalue weighted by Gasteiger charge is -2.36. The second kappa shape index (κ2) is 10.2. The second-order valence-electron chi connectivity index (χ2n) is 8.78. The molecule has 2 heterocycles. The molecule has 0 unspecified atom stereocenters. The van der Waals surface area contributed by atoms with Crippen LogP contribution in [-0.2, 0) is 4.74 Å². The van der Waals surface area contributed by atoms with E-state index in [1.807, 2.05) is 24.3 Å². The van der Waals surface area contributed by atoms with Gasteiger partial charge in [0.1, 0.15) is 0 Å². The Morgan fingerprint density at radius 1 is 1.12 bits per heavy atom. The van der Waals surface area contributed by atoms with Gasteiger partial charge in [-0.25, -0.2) is 0 Å². The number of aliphatic hydroxyl groups excluding tert-OH is 1. The molecule has 2 atom stereocenters. The fourth-order valence-electron chi connectivity index (χ4n) is 4.33. The minimum absolute atomic E-state index is 0.161. The van der Waals surface area contributed by atoms with Crippen LogP contribution in [0.3, 0.4) is 0 Å². The summed E-state index contributed by atoms with van der Waals surface area (Å²) in [6.07, 6.45) is 3.30. The first kappa shape index (κ1) is 23.0. The summed E-state index contributed by atoms with van der Waals surface area (Å²) in [5.41, 5.74) is 1.87. The zero-order chi connectivity index (χ0) is 22.7. The van der Waals surface area contributed by atoms with E-state index in [0.717, 1.165) is 50.1 Å². The Bertz CT molecular complexity index is 899. The van der Waals surface area contributed by atoms with Crippen LogP contribution in [0.1, 0.15) is 39.5 Å². The maximum Gasteiger partial charge on any atom is 0.257 e. The van der Waals surface area contributed by atoms with Crippen molar-refractivity contribution < 1.29 is 19.0 Å². The molecule has 1 aliphatic heterocycles. The van der Waals surface area contributed by atoms with Crippen molar-refractivity contribution >= 4 is 28.9 Å². The van der Waals surface area contributed by atoms with Crippen LogP contribution in [0.4, 0.5) is 21.7 Å². The summed E-state index contributed by atoms with van der Waals surface area (Å²) in [6.45, 7) is 6.17. The number of aliphatic hydroxyl groups is 1. The highest BCUT2D eigenvalue weighted by molar-refractivity contribution is 6.29. The van der Waals surface area contributed by atoms with Gasteiger partial charge in [0.15, 0.2) is 5.15 Å². The number of rotatable bonds is 6. The Labute approximate surface area is 192 Å². The van der Waals surface area contributed by atoms with Gasteiger partial charge in [0.25, 0.3) is 5.88 Å². The van der Waals surface area contributed by atoms with E-state index in [2.05, 4.69) is 34.0 Å². The van der Waals surface area contributed by atoms with Gasteiger partial charge in [-0.3, -0.25) is 0 Å². The molecule has 1 saturated heterocycles. The normalized spacial score (nSPS) is 26.1. The molecule has 2 N–H and O–H groups in total. The van der Waals surface area contributed by atoms with Crippen molar-refractivity contribution in [3.8, 4) is 5.88 Å². The number of halogens is 2. The summed E-state index contributed by atoms with van der Waals surface area (Å²) in [5.74, 6) is -0.488. The Kier molecular flexibility index (Phi) is 7.33. The average molecular weight is 465 g/mol. The summed E-state index contributed by atoms with van der Waals surface area (Å²) < 4.78 is 25.8. The van der Waals surface area contributed by atoms with Crippen molar-refractivity contribution in [2.24, 2.45) is 5.92 Å². The van der Waals surface area contributed by atoms with Crippen molar-refractivity contribution in [2.75, 3.05) is 29.9 Å². The van der Waals surface area contributed by atoms with Crippen LogP contribution in [0.15, 0.2) is 24.3 Å². The van der Waals surface area contributed by atoms with Crippen molar-refractivity contribution in [2.45, 2.75) is 57.8 Å². The van der Waals surface area contributed by atoms with E-state index in [0.29, 0.717) is 6.61 Å². The van der Waals surface area contributed by atoms with E-state index in [4.69, 9.17) is 21.1 Å². The minimum Gasteiger partial charge on any atom is -0.475 e. The van der Waals surface area contributed by atoms with E-state index < -0.39 is 5.82 Å². The first-order valence-corrected chi connectivity index (χ1v) is 11.6. The Balaban J connectivity index is 1.40. The smallest absolute Gasteiger partial charge is 0.257 e. The molecule has 0 radical (unpaired) electrons. The predicted octanol–water partition coefficient (Wildman–Crippen LogP) is 4.56. The van der Waals surface area contributed by atoms with Gasteiger partial charge in [-0.05, 0) is 69.7 Å². The molecule has 0 amide bonds. The van der Waals surface area contributed by atoms with Crippen LogP contribution in [0.25, 0.3) is 0 Å². The minimum atomic E-state index is -0.765. The molecular weight excluding hydrogens is 435 g/mol. The topological polar surface area (TPSA) is 79.7 Å². The SMILES string of the molecule is C[C@@H]1CN(c2ccc(Nc3nc(Cl)c(F)c(OCC4CCC(O)CC4)n3)cc2)C[C@H](C)O1. The summed E-state index contributed by atoms with van der Waals surface area (Å²) in [7, 11) is 0. The van der Waals surface area contributed by atoms with Gasteiger partial charge in [0, 0.05) is 24.5 Å². The molecule has 2 aliphatic rings. The largest absolute Gasteiger partial charge is 0.475 e. The molecule has 2 aromatic rings. The molecule has 4 rings (SSSR count). The summed E-state index contributed by atoms with van der Waals surface area (Å²) in [4.78, 5) is 10.5. The first-order chi connectivity index (χ1) is 15.4. The van der Waals surface area contributed by atoms with E-state index in [1.165, 1.54) is 0 Å². The van der Waals surface area contributed by atoms with Crippen LogP contribution >= 0.6 is 11.6 Å². The zero-order valence-corrected chi connectivity index (χ0v) is 19.2. The van der Waals surface area contributed by atoms with E-state index in [-0.39, 0.29) is 41.2 Å². The molecule has 1 saturated carbocycles. The van der Waals surface area contributed by atoms with Crippen molar-refractivity contribution in [3.63, 3.8) is 0 Å². The molecule has 0 bridgehead atoms. The number of morpholine rings is 1. The van der Waals surface area contributed by atoms with Gasteiger partial charge >= 0.3 is 0 Å². The maximum atomic E-state index is 14.4. The second-order valence-corrected chi connectivity index (χ2v) is 9.13. The fourth-order valence-corrected chi connectivity index (χ4v) is 4.49. The first-order valence-electron chi connectivity index (χ1n) is 11.2. The van der Waals surface area contributed by atoms with Crippen molar-refractivity contribution in [3.05, 3.63) is 35.2 Å². The maximum absolute atomic E-state index is 14.4. The number of nitrogens with one attached hydrogen (secondary N) is 1. The fraction of sp³-hybridized carbons (Fsp3) is 0.565. The lowest BCUT2D eigenvalue weighted by molar-refractivity contribution is -0.00521. The van der Waals surface area contributed by atoms with Crippen LogP contribution in [0.2, 0.25) is 5.15 Å².